The van der Waals surface area contributed by atoms with Crippen LogP contribution < -0.4 is 10.6 Å². The standard InChI is InChI=1S/C14H14N4O3S/c19-13(16-10-5-6-15-7-10)12-8-22-14(17-12)9-1-3-11(4-2-9)18(20)21/h1-4,8,10,15H,5-7H2,(H,16,19). The van der Waals surface area contributed by atoms with E-state index in [-0.39, 0.29) is 17.6 Å². The fourth-order valence-electron chi connectivity index (χ4n) is 2.27. The fourth-order valence-corrected chi connectivity index (χ4v) is 3.08. The molecule has 1 aliphatic heterocycles. The molecule has 1 aromatic heterocycles. The molecular formula is C14H14N4O3S. The lowest BCUT2D eigenvalue weighted by Crippen LogP contribution is -2.36. The lowest BCUT2D eigenvalue weighted by atomic mass is 10.2. The number of rotatable bonds is 4. The van der Waals surface area contributed by atoms with E-state index in [1.54, 1.807) is 17.5 Å². The van der Waals surface area contributed by atoms with Crippen molar-refractivity contribution >= 4 is 22.9 Å². The zero-order valence-electron chi connectivity index (χ0n) is 11.6. The number of non-ortho nitro benzene ring substituents is 1. The summed E-state index contributed by atoms with van der Waals surface area (Å²) in [5.74, 6) is -0.182. The second-order valence-corrected chi connectivity index (χ2v) is 5.86. The van der Waals surface area contributed by atoms with Gasteiger partial charge in [-0.1, -0.05) is 0 Å². The Bertz CT molecular complexity index is 692. The van der Waals surface area contributed by atoms with Crippen molar-refractivity contribution in [2.45, 2.75) is 12.5 Å². The van der Waals surface area contributed by atoms with Crippen LogP contribution >= 0.6 is 11.3 Å². The first kappa shape index (κ1) is 14.6. The molecule has 0 saturated carbocycles. The van der Waals surface area contributed by atoms with Crippen molar-refractivity contribution in [3.63, 3.8) is 0 Å². The maximum absolute atomic E-state index is 12.1. The highest BCUT2D eigenvalue weighted by Gasteiger charge is 2.19. The molecule has 0 spiro atoms. The first-order valence-electron chi connectivity index (χ1n) is 6.85. The zero-order chi connectivity index (χ0) is 15.5. The number of nitrogens with zero attached hydrogens (tertiary/aromatic N) is 2. The van der Waals surface area contributed by atoms with Crippen LogP contribution in [0.4, 0.5) is 5.69 Å². The molecule has 2 aromatic rings. The summed E-state index contributed by atoms with van der Waals surface area (Å²) in [5, 5.41) is 19.1. The van der Waals surface area contributed by atoms with Crippen LogP contribution in [0.1, 0.15) is 16.9 Å². The summed E-state index contributed by atoms with van der Waals surface area (Å²) in [7, 11) is 0. The predicted molar refractivity (Wildman–Crippen MR) is 82.9 cm³/mol. The highest BCUT2D eigenvalue weighted by atomic mass is 32.1. The minimum atomic E-state index is -0.444. The number of amides is 1. The molecule has 22 heavy (non-hydrogen) atoms. The SMILES string of the molecule is O=C(NC1CCNC1)c1csc(-c2ccc([N+](=O)[O-])cc2)n1. The van der Waals surface area contributed by atoms with Gasteiger partial charge in [-0.05, 0) is 25.1 Å². The van der Waals surface area contributed by atoms with E-state index in [2.05, 4.69) is 15.6 Å². The van der Waals surface area contributed by atoms with Gasteiger partial charge in [0.1, 0.15) is 10.7 Å². The lowest BCUT2D eigenvalue weighted by molar-refractivity contribution is -0.384. The Labute approximate surface area is 130 Å². The third kappa shape index (κ3) is 3.12. The van der Waals surface area contributed by atoms with E-state index in [0.717, 1.165) is 25.1 Å². The van der Waals surface area contributed by atoms with Crippen LogP contribution in [0.25, 0.3) is 10.6 Å². The molecule has 1 saturated heterocycles. The Balaban J connectivity index is 1.72. The van der Waals surface area contributed by atoms with Gasteiger partial charge in [-0.15, -0.1) is 11.3 Å². The topological polar surface area (TPSA) is 97.2 Å². The Hall–Kier alpha value is -2.32. The number of hydrogen-bond donors (Lipinski definition) is 2. The smallest absolute Gasteiger partial charge is 0.271 e. The van der Waals surface area contributed by atoms with Crippen LogP contribution in [-0.2, 0) is 0 Å². The number of carbonyl (C=O) groups is 1. The normalized spacial score (nSPS) is 17.4. The van der Waals surface area contributed by atoms with Crippen molar-refractivity contribution in [2.75, 3.05) is 13.1 Å². The minimum Gasteiger partial charge on any atom is -0.347 e. The van der Waals surface area contributed by atoms with Gasteiger partial charge < -0.3 is 10.6 Å². The molecule has 7 nitrogen and oxygen atoms in total. The van der Waals surface area contributed by atoms with E-state index in [4.69, 9.17) is 0 Å². The van der Waals surface area contributed by atoms with Crippen molar-refractivity contribution in [1.29, 1.82) is 0 Å². The monoisotopic (exact) mass is 318 g/mol. The summed E-state index contributed by atoms with van der Waals surface area (Å²) >= 11 is 1.35. The Morgan fingerprint density at radius 1 is 1.41 bits per heavy atom. The van der Waals surface area contributed by atoms with Gasteiger partial charge in [-0.25, -0.2) is 4.98 Å². The first-order chi connectivity index (χ1) is 10.6. The lowest BCUT2D eigenvalue weighted by Gasteiger charge is -2.09. The van der Waals surface area contributed by atoms with Gasteiger partial charge in [0.25, 0.3) is 11.6 Å². The molecule has 1 amide bonds. The summed E-state index contributed by atoms with van der Waals surface area (Å²) in [6, 6.07) is 6.29. The molecular weight excluding hydrogens is 304 g/mol. The van der Waals surface area contributed by atoms with Crippen molar-refractivity contribution in [3.8, 4) is 10.6 Å². The molecule has 1 atom stereocenters. The van der Waals surface area contributed by atoms with Crippen LogP contribution in [-0.4, -0.2) is 34.9 Å². The van der Waals surface area contributed by atoms with E-state index in [1.807, 2.05) is 0 Å². The van der Waals surface area contributed by atoms with Crippen molar-refractivity contribution in [1.82, 2.24) is 15.6 Å². The van der Waals surface area contributed by atoms with E-state index >= 15 is 0 Å². The Kier molecular flexibility index (Phi) is 4.12. The number of benzene rings is 1. The molecule has 3 rings (SSSR count). The van der Waals surface area contributed by atoms with E-state index < -0.39 is 4.92 Å². The average molecular weight is 318 g/mol. The van der Waals surface area contributed by atoms with E-state index in [9.17, 15) is 14.9 Å². The number of hydrogen-bond acceptors (Lipinski definition) is 6. The van der Waals surface area contributed by atoms with Gasteiger partial charge in [0.2, 0.25) is 0 Å². The van der Waals surface area contributed by atoms with Crippen LogP contribution in [0.2, 0.25) is 0 Å². The highest BCUT2D eigenvalue weighted by molar-refractivity contribution is 7.13. The Morgan fingerprint density at radius 3 is 2.82 bits per heavy atom. The number of thiazole rings is 1. The number of aromatic nitrogens is 1. The van der Waals surface area contributed by atoms with E-state index in [0.29, 0.717) is 10.7 Å². The van der Waals surface area contributed by atoms with Gasteiger partial charge in [0, 0.05) is 35.7 Å². The summed E-state index contributed by atoms with van der Waals surface area (Å²) in [6.07, 6.45) is 0.922. The van der Waals surface area contributed by atoms with Crippen molar-refractivity contribution in [3.05, 3.63) is 45.5 Å². The van der Waals surface area contributed by atoms with Crippen molar-refractivity contribution in [2.24, 2.45) is 0 Å². The summed E-state index contributed by atoms with van der Waals surface area (Å²) in [6.45, 7) is 1.70. The molecule has 2 N–H and O–H groups in total. The molecule has 1 fully saturated rings. The molecule has 2 heterocycles. The number of nitro benzene ring substituents is 1. The number of carbonyl (C=O) groups excluding carboxylic acids is 1. The molecule has 0 bridgehead atoms. The van der Waals surface area contributed by atoms with Crippen LogP contribution in [0, 0.1) is 10.1 Å². The van der Waals surface area contributed by atoms with E-state index in [1.165, 1.54) is 23.5 Å². The van der Waals surface area contributed by atoms with Gasteiger partial charge >= 0.3 is 0 Å². The first-order valence-corrected chi connectivity index (χ1v) is 7.73. The van der Waals surface area contributed by atoms with Crippen LogP contribution in [0.3, 0.4) is 0 Å². The molecule has 0 aliphatic carbocycles. The second kappa shape index (κ2) is 6.20. The quantitative estimate of drug-likeness (QED) is 0.662. The van der Waals surface area contributed by atoms with Gasteiger partial charge in [0.15, 0.2) is 0 Å². The van der Waals surface area contributed by atoms with Gasteiger partial charge in [0.05, 0.1) is 4.92 Å². The van der Waals surface area contributed by atoms with Crippen LogP contribution in [0.5, 0.6) is 0 Å². The predicted octanol–water partition coefficient (Wildman–Crippen LogP) is 1.81. The maximum Gasteiger partial charge on any atom is 0.271 e. The molecule has 1 aromatic carbocycles. The average Bonchev–Trinajstić information content (AvgIpc) is 3.18. The van der Waals surface area contributed by atoms with Gasteiger partial charge in [-0.3, -0.25) is 14.9 Å². The van der Waals surface area contributed by atoms with Crippen LogP contribution in [0.15, 0.2) is 29.6 Å². The summed E-state index contributed by atoms with van der Waals surface area (Å²) < 4.78 is 0. The number of nitrogens with one attached hydrogen (secondary N) is 2. The molecule has 1 aliphatic rings. The largest absolute Gasteiger partial charge is 0.347 e. The fraction of sp³-hybridized carbons (Fsp3) is 0.286. The third-order valence-corrected chi connectivity index (χ3v) is 4.35. The van der Waals surface area contributed by atoms with Gasteiger partial charge in [-0.2, -0.15) is 0 Å². The summed E-state index contributed by atoms with van der Waals surface area (Å²) in [5.41, 5.74) is 1.18. The third-order valence-electron chi connectivity index (χ3n) is 3.46. The highest BCUT2D eigenvalue weighted by Crippen LogP contribution is 2.25. The minimum absolute atomic E-state index is 0.0343. The molecule has 0 radical (unpaired) electrons. The number of nitro groups is 1. The zero-order valence-corrected chi connectivity index (χ0v) is 12.4. The molecule has 1 unspecified atom stereocenters. The molecule has 114 valence electrons. The Morgan fingerprint density at radius 2 is 2.18 bits per heavy atom. The molecule has 8 heteroatoms. The van der Waals surface area contributed by atoms with Crippen molar-refractivity contribution < 1.29 is 9.72 Å². The maximum atomic E-state index is 12.1. The second-order valence-electron chi connectivity index (χ2n) is 5.01. The summed E-state index contributed by atoms with van der Waals surface area (Å²) in [4.78, 5) is 26.6.